The van der Waals surface area contributed by atoms with Crippen LogP contribution >= 0.6 is 0 Å². The molecule has 0 radical (unpaired) electrons. The maximum Gasteiger partial charge on any atom is 0.279 e. The van der Waals surface area contributed by atoms with Crippen molar-refractivity contribution >= 4 is 18.6 Å². The Hall–Kier alpha value is -3.74. The Morgan fingerprint density at radius 3 is 2.62 bits per heavy atom. The summed E-state index contributed by atoms with van der Waals surface area (Å²) in [5.41, 5.74) is 1.01. The van der Waals surface area contributed by atoms with Gasteiger partial charge in [0.05, 0.1) is 22.2 Å². The number of benzene rings is 2. The monoisotopic (exact) mass is 349 g/mol. The minimum atomic E-state index is -1.27. The molecule has 7 heteroatoms. The van der Waals surface area contributed by atoms with Gasteiger partial charge in [0.25, 0.3) is 5.56 Å². The van der Waals surface area contributed by atoms with E-state index >= 15 is 0 Å². The summed E-state index contributed by atoms with van der Waals surface area (Å²) in [6.45, 7) is 4.05. The Labute approximate surface area is 147 Å². The lowest BCUT2D eigenvalue weighted by molar-refractivity contribution is -0.255. The van der Waals surface area contributed by atoms with Crippen molar-refractivity contribution in [1.29, 1.82) is 0 Å². The zero-order valence-corrected chi connectivity index (χ0v) is 13.5. The van der Waals surface area contributed by atoms with E-state index in [0.29, 0.717) is 27.8 Å². The zero-order valence-electron chi connectivity index (χ0n) is 13.5. The van der Waals surface area contributed by atoms with Crippen LogP contribution in [0.1, 0.15) is 15.9 Å². The zero-order chi connectivity index (χ0) is 18.3. The van der Waals surface area contributed by atoms with Gasteiger partial charge in [-0.1, -0.05) is 24.8 Å². The lowest BCUT2D eigenvalue weighted by Crippen LogP contribution is -2.34. The van der Waals surface area contributed by atoms with Crippen molar-refractivity contribution in [3.63, 3.8) is 0 Å². The molecule has 130 valence electrons. The number of nitrogens with zero attached hydrogens (tertiary/aromatic N) is 1. The third-order valence-electron chi connectivity index (χ3n) is 4.07. The van der Waals surface area contributed by atoms with Crippen molar-refractivity contribution in [3.8, 4) is 17.2 Å². The van der Waals surface area contributed by atoms with Gasteiger partial charge in [0, 0.05) is 0 Å². The molecular weight excluding hydrogens is 336 g/mol. The highest BCUT2D eigenvalue weighted by Crippen LogP contribution is 2.32. The summed E-state index contributed by atoms with van der Waals surface area (Å²) >= 11 is 0. The van der Waals surface area contributed by atoms with Gasteiger partial charge in [-0.05, 0) is 41.5 Å². The van der Waals surface area contributed by atoms with E-state index in [9.17, 15) is 14.7 Å². The Morgan fingerprint density at radius 2 is 1.88 bits per heavy atom. The van der Waals surface area contributed by atoms with Gasteiger partial charge in [-0.25, -0.2) is 4.68 Å². The number of aromatic amines is 1. The largest absolute Gasteiger partial charge is 0.545 e. The number of aromatic carboxylic acids is 1. The van der Waals surface area contributed by atoms with E-state index < -0.39 is 5.97 Å². The van der Waals surface area contributed by atoms with E-state index in [-0.39, 0.29) is 17.9 Å². The molecule has 0 saturated heterocycles. The molecule has 26 heavy (non-hydrogen) atoms. The van der Waals surface area contributed by atoms with Gasteiger partial charge in [-0.2, -0.15) is 0 Å². The Morgan fingerprint density at radius 1 is 1.15 bits per heavy atom. The molecule has 0 saturated carbocycles. The molecule has 2 heterocycles. The highest BCUT2D eigenvalue weighted by Gasteiger charge is 2.13. The molecule has 0 atom stereocenters. The molecule has 2 aromatic carbocycles. The van der Waals surface area contributed by atoms with Crippen molar-refractivity contribution in [1.82, 2.24) is 9.78 Å². The van der Waals surface area contributed by atoms with Crippen LogP contribution in [-0.4, -0.2) is 22.5 Å². The highest BCUT2D eigenvalue weighted by molar-refractivity contribution is 5.85. The second-order valence-electron chi connectivity index (χ2n) is 5.74. The van der Waals surface area contributed by atoms with E-state index in [1.54, 1.807) is 18.2 Å². The third-order valence-corrected chi connectivity index (χ3v) is 4.07. The number of fused-ring (bicyclic) bond motifs is 1. The fraction of sp³-hybridized carbons (Fsp3) is 0.0526. The molecule has 4 rings (SSSR count). The number of carboxylic acids is 1. The number of H-pyrrole nitrogens is 1. The quantitative estimate of drug-likeness (QED) is 0.687. The van der Waals surface area contributed by atoms with E-state index in [0.717, 1.165) is 5.56 Å². The number of carbonyl (C=O) groups excluding carboxylic acids is 1. The van der Waals surface area contributed by atoms with Crippen LogP contribution < -0.4 is 30.7 Å². The molecule has 1 aliphatic heterocycles. The molecule has 0 amide bonds. The molecule has 1 aliphatic rings. The molecule has 0 spiro atoms. The first-order valence-electron chi connectivity index (χ1n) is 7.76. The summed E-state index contributed by atoms with van der Waals surface area (Å²) in [5.74, 6) is 0.0136. The number of aromatic nitrogens is 2. The van der Waals surface area contributed by atoms with Crippen LogP contribution in [0, 0.1) is 0 Å². The second-order valence-corrected chi connectivity index (χ2v) is 5.74. The van der Waals surface area contributed by atoms with Crippen molar-refractivity contribution < 1.29 is 19.4 Å². The van der Waals surface area contributed by atoms with Gasteiger partial charge < -0.3 is 19.4 Å². The summed E-state index contributed by atoms with van der Waals surface area (Å²) in [7, 11) is 0. The molecule has 0 bridgehead atoms. The number of carboxylic acid groups (broad SMARTS) is 1. The Kier molecular flexibility index (Phi) is 3.62. The molecule has 0 fully saturated rings. The normalized spacial score (nSPS) is 13.2. The lowest BCUT2D eigenvalue weighted by Gasteiger charge is -2.04. The van der Waals surface area contributed by atoms with E-state index in [1.807, 2.05) is 6.07 Å². The minimum absolute atomic E-state index is 0.0374. The van der Waals surface area contributed by atoms with Crippen molar-refractivity contribution in [2.45, 2.75) is 0 Å². The summed E-state index contributed by atoms with van der Waals surface area (Å²) in [4.78, 5) is 23.6. The third kappa shape index (κ3) is 2.65. The van der Waals surface area contributed by atoms with E-state index in [2.05, 4.69) is 11.7 Å². The van der Waals surface area contributed by atoms with Crippen LogP contribution in [0.25, 0.3) is 18.3 Å². The number of nitrogens with one attached hydrogen (secondary N) is 1. The summed E-state index contributed by atoms with van der Waals surface area (Å²) in [5, 5.41) is 14.6. The average Bonchev–Trinajstić information content (AvgIpc) is 3.21. The van der Waals surface area contributed by atoms with Crippen LogP contribution in [0.3, 0.4) is 0 Å². The molecule has 7 nitrogen and oxygen atoms in total. The first-order chi connectivity index (χ1) is 12.5. The summed E-state index contributed by atoms with van der Waals surface area (Å²) in [6, 6.07) is 11.2. The molecule has 0 unspecified atom stereocenters. The van der Waals surface area contributed by atoms with E-state index in [4.69, 9.17) is 9.47 Å². The van der Waals surface area contributed by atoms with Crippen LogP contribution in [-0.2, 0) is 0 Å². The van der Waals surface area contributed by atoms with Gasteiger partial charge in [0.1, 0.15) is 0 Å². The minimum Gasteiger partial charge on any atom is -0.545 e. The molecule has 0 aliphatic carbocycles. The molecule has 1 aromatic heterocycles. The predicted molar refractivity (Wildman–Crippen MR) is 91.6 cm³/mol. The average molecular weight is 349 g/mol. The molecular formula is C19H13N2O5-. The first kappa shape index (κ1) is 15.8. The number of rotatable bonds is 3. The topological polar surface area (TPSA) is 96.4 Å². The Bertz CT molecular complexity index is 1170. The van der Waals surface area contributed by atoms with Gasteiger partial charge >= 0.3 is 0 Å². The van der Waals surface area contributed by atoms with E-state index in [1.165, 1.54) is 28.9 Å². The molecule has 1 N–H and O–H groups in total. The van der Waals surface area contributed by atoms with Crippen LogP contribution in [0.2, 0.25) is 0 Å². The standard InChI is InChI=1S/C19H14N2O5/c1-11-15(8-12-2-7-16-17(9-12)26-10-25-16)18(22)21(20-11)14-5-3-13(4-6-14)19(23)24/h2-9,20H,1,10H2,(H,23,24)/p-1/b15-8+. The van der Waals surface area contributed by atoms with Crippen LogP contribution in [0.15, 0.2) is 47.3 Å². The smallest absolute Gasteiger partial charge is 0.279 e. The summed E-state index contributed by atoms with van der Waals surface area (Å²) in [6.07, 6.45) is 1.70. The maximum absolute atomic E-state index is 12.7. The Balaban J connectivity index is 1.78. The number of hydrogen-bond acceptors (Lipinski definition) is 5. The highest BCUT2D eigenvalue weighted by atomic mass is 16.7. The predicted octanol–water partition coefficient (Wildman–Crippen LogP) is -0.503. The summed E-state index contributed by atoms with van der Waals surface area (Å²) < 4.78 is 11.9. The number of carbonyl (C=O) groups is 1. The van der Waals surface area contributed by atoms with Gasteiger partial charge in [0.15, 0.2) is 11.5 Å². The van der Waals surface area contributed by atoms with Gasteiger partial charge in [-0.3, -0.25) is 9.89 Å². The van der Waals surface area contributed by atoms with Gasteiger partial charge in [-0.15, -0.1) is 0 Å². The van der Waals surface area contributed by atoms with Gasteiger partial charge in [0.2, 0.25) is 6.79 Å². The number of ether oxygens (including phenoxy) is 2. The number of hydrogen-bond donors (Lipinski definition) is 1. The first-order valence-corrected chi connectivity index (χ1v) is 7.76. The SMILES string of the molecule is C=c1[nH]n(-c2ccc(C(=O)[O-])cc2)c(=O)/c1=C/c1ccc2c(c1)OCO2. The molecule has 3 aromatic rings. The van der Waals surface area contributed by atoms with Crippen LogP contribution in [0.4, 0.5) is 0 Å². The fourth-order valence-corrected chi connectivity index (χ4v) is 2.74. The fourth-order valence-electron chi connectivity index (χ4n) is 2.74. The van der Waals surface area contributed by atoms with Crippen molar-refractivity contribution in [2.24, 2.45) is 0 Å². The van der Waals surface area contributed by atoms with Crippen molar-refractivity contribution in [2.75, 3.05) is 6.79 Å². The van der Waals surface area contributed by atoms with Crippen LogP contribution in [0.5, 0.6) is 11.5 Å². The second kappa shape index (κ2) is 5.96. The van der Waals surface area contributed by atoms with Crippen molar-refractivity contribution in [3.05, 3.63) is 74.5 Å². The lowest BCUT2D eigenvalue weighted by atomic mass is 10.1. The maximum atomic E-state index is 12.7.